The number of ketones is 1. The molecule has 2 saturated carbocycles. The quantitative estimate of drug-likeness (QED) is 0.592. The highest BCUT2D eigenvalue weighted by Gasteiger charge is 2.65. The maximum atomic E-state index is 14.4. The van der Waals surface area contributed by atoms with E-state index in [1.807, 2.05) is 11.9 Å². The van der Waals surface area contributed by atoms with E-state index >= 15 is 0 Å². The van der Waals surface area contributed by atoms with Gasteiger partial charge < -0.3 is 5.32 Å². The van der Waals surface area contributed by atoms with Crippen molar-refractivity contribution in [3.63, 3.8) is 0 Å². The molecule has 2 spiro atoms. The Labute approximate surface area is 158 Å². The standard InChI is InChI=1S/C20H26FN3OS/c21-15-10-18(25)17-7-6-14-8-9-24(26-16-4-2-1-3-5-16)12-20(14)19(17,11-15)22-13-23-20/h8,11,13,16-17H,1-7,9-10,12H2,(H,22,23). The van der Waals surface area contributed by atoms with Crippen molar-refractivity contribution in [2.45, 2.75) is 67.7 Å². The van der Waals surface area contributed by atoms with Crippen LogP contribution in [0.4, 0.5) is 4.39 Å². The molecule has 0 saturated heterocycles. The van der Waals surface area contributed by atoms with Crippen molar-refractivity contribution in [1.82, 2.24) is 9.62 Å². The molecule has 0 aromatic rings. The average Bonchev–Trinajstić information content (AvgIpc) is 2.98. The highest BCUT2D eigenvalue weighted by Crippen LogP contribution is 2.54. The van der Waals surface area contributed by atoms with Crippen LogP contribution in [0.5, 0.6) is 0 Å². The van der Waals surface area contributed by atoms with Crippen LogP contribution in [0.2, 0.25) is 0 Å². The lowest BCUT2D eigenvalue weighted by molar-refractivity contribution is -0.126. The van der Waals surface area contributed by atoms with Gasteiger partial charge in [-0.15, -0.1) is 0 Å². The number of hydrogen-bond acceptors (Lipinski definition) is 5. The van der Waals surface area contributed by atoms with Gasteiger partial charge in [0.1, 0.15) is 17.1 Å². The van der Waals surface area contributed by atoms with Crippen molar-refractivity contribution in [3.8, 4) is 0 Å². The van der Waals surface area contributed by atoms with Gasteiger partial charge in [-0.3, -0.25) is 9.79 Å². The van der Waals surface area contributed by atoms with Gasteiger partial charge >= 0.3 is 0 Å². The highest BCUT2D eigenvalue weighted by molar-refractivity contribution is 7.97. The largest absolute Gasteiger partial charge is 0.364 e. The maximum absolute atomic E-state index is 14.4. The van der Waals surface area contributed by atoms with Gasteiger partial charge in [0.25, 0.3) is 0 Å². The summed E-state index contributed by atoms with van der Waals surface area (Å²) in [5.74, 6) is -0.457. The number of carbonyl (C=O) groups excluding carboxylic acids is 1. The van der Waals surface area contributed by atoms with E-state index in [-0.39, 0.29) is 23.9 Å². The normalized spacial score (nSPS) is 40.2. The summed E-state index contributed by atoms with van der Waals surface area (Å²) >= 11 is 1.97. The summed E-state index contributed by atoms with van der Waals surface area (Å²) in [6.45, 7) is 1.69. The number of Topliss-reactive ketones (excluding diaryl/α,β-unsaturated/α-hetero) is 1. The molecule has 0 aromatic carbocycles. The molecule has 3 atom stereocenters. The Morgan fingerprint density at radius 1 is 1.27 bits per heavy atom. The van der Waals surface area contributed by atoms with Gasteiger partial charge in [0, 0.05) is 24.3 Å². The Morgan fingerprint density at radius 3 is 2.96 bits per heavy atom. The molecule has 5 rings (SSSR count). The number of hydrogen-bond donors (Lipinski definition) is 1. The fraction of sp³-hybridized carbons (Fsp3) is 0.700. The minimum atomic E-state index is -0.706. The number of aliphatic imine (C=N–C) groups is 1. The van der Waals surface area contributed by atoms with Gasteiger partial charge in [-0.1, -0.05) is 37.3 Å². The first-order valence-corrected chi connectivity index (χ1v) is 10.8. The SMILES string of the molecule is O=C1CC(F)=CC23NC=NC24CN(SC2CCCCC2)CC=C4CCC13. The van der Waals surface area contributed by atoms with Gasteiger partial charge in [-0.2, -0.15) is 0 Å². The van der Waals surface area contributed by atoms with E-state index in [1.54, 1.807) is 12.4 Å². The number of allylic oxidation sites excluding steroid dienone is 1. The molecule has 26 heavy (non-hydrogen) atoms. The predicted octanol–water partition coefficient (Wildman–Crippen LogP) is 3.55. The molecular weight excluding hydrogens is 349 g/mol. The Balaban J connectivity index is 1.49. The van der Waals surface area contributed by atoms with Crippen LogP contribution in [0.3, 0.4) is 0 Å². The minimum Gasteiger partial charge on any atom is -0.364 e. The summed E-state index contributed by atoms with van der Waals surface area (Å²) in [5, 5.41) is 4.03. The lowest BCUT2D eigenvalue weighted by Crippen LogP contribution is -2.70. The summed E-state index contributed by atoms with van der Waals surface area (Å²) in [4.78, 5) is 17.5. The molecule has 1 N–H and O–H groups in total. The molecule has 2 fully saturated rings. The lowest BCUT2D eigenvalue weighted by atomic mass is 9.56. The summed E-state index contributed by atoms with van der Waals surface area (Å²) in [6.07, 6.45) is 13.9. The molecule has 0 radical (unpaired) electrons. The van der Waals surface area contributed by atoms with Crippen LogP contribution in [0, 0.1) is 5.92 Å². The van der Waals surface area contributed by atoms with E-state index in [2.05, 4.69) is 15.7 Å². The van der Waals surface area contributed by atoms with Gasteiger partial charge in [0.2, 0.25) is 0 Å². The molecule has 3 unspecified atom stereocenters. The monoisotopic (exact) mass is 375 g/mol. The molecule has 6 heteroatoms. The fourth-order valence-corrected chi connectivity index (χ4v) is 7.14. The average molecular weight is 376 g/mol. The first-order valence-electron chi connectivity index (χ1n) is 9.95. The third kappa shape index (κ3) is 2.37. The molecule has 0 aromatic heterocycles. The molecule has 5 aliphatic rings. The second-order valence-corrected chi connectivity index (χ2v) is 9.77. The number of nitrogens with zero attached hydrogens (tertiary/aromatic N) is 2. The van der Waals surface area contributed by atoms with E-state index in [1.165, 1.54) is 37.7 Å². The fourth-order valence-electron chi connectivity index (χ4n) is 5.75. The molecule has 0 bridgehead atoms. The summed E-state index contributed by atoms with van der Waals surface area (Å²) < 4.78 is 16.8. The number of carbonyl (C=O) groups is 1. The van der Waals surface area contributed by atoms with Crippen molar-refractivity contribution in [2.24, 2.45) is 10.9 Å². The Morgan fingerprint density at radius 2 is 2.12 bits per heavy atom. The van der Waals surface area contributed by atoms with Crippen molar-refractivity contribution in [2.75, 3.05) is 13.1 Å². The second-order valence-electron chi connectivity index (χ2n) is 8.37. The third-order valence-electron chi connectivity index (χ3n) is 6.97. The first kappa shape index (κ1) is 17.0. The van der Waals surface area contributed by atoms with Crippen LogP contribution >= 0.6 is 11.9 Å². The van der Waals surface area contributed by atoms with Gasteiger partial charge in [-0.25, -0.2) is 8.70 Å². The Hall–Kier alpha value is -1.14. The summed E-state index contributed by atoms with van der Waals surface area (Å²) in [7, 11) is 0. The van der Waals surface area contributed by atoms with Crippen LogP contribution in [0.15, 0.2) is 28.5 Å². The van der Waals surface area contributed by atoms with Gasteiger partial charge in [0.15, 0.2) is 0 Å². The molecule has 4 nitrogen and oxygen atoms in total. The molecule has 3 aliphatic carbocycles. The highest BCUT2D eigenvalue weighted by atomic mass is 32.2. The zero-order valence-electron chi connectivity index (χ0n) is 15.0. The zero-order valence-corrected chi connectivity index (χ0v) is 15.9. The topological polar surface area (TPSA) is 44.7 Å². The number of halogens is 1. The van der Waals surface area contributed by atoms with E-state index in [9.17, 15) is 9.18 Å². The van der Waals surface area contributed by atoms with Crippen LogP contribution in [-0.2, 0) is 4.79 Å². The predicted molar refractivity (Wildman–Crippen MR) is 103 cm³/mol. The Bertz CT molecular complexity index is 714. The Kier molecular flexibility index (Phi) is 4.05. The molecule has 0 amide bonds. The van der Waals surface area contributed by atoms with Gasteiger partial charge in [0.05, 0.1) is 18.3 Å². The summed E-state index contributed by atoms with van der Waals surface area (Å²) in [5.41, 5.74) is 0.0557. The molecule has 140 valence electrons. The van der Waals surface area contributed by atoms with Crippen LogP contribution in [0.25, 0.3) is 0 Å². The van der Waals surface area contributed by atoms with Crippen molar-refractivity contribution >= 4 is 24.1 Å². The van der Waals surface area contributed by atoms with E-state index in [0.29, 0.717) is 5.25 Å². The van der Waals surface area contributed by atoms with Crippen molar-refractivity contribution in [1.29, 1.82) is 0 Å². The van der Waals surface area contributed by atoms with Crippen LogP contribution < -0.4 is 5.32 Å². The smallest absolute Gasteiger partial charge is 0.145 e. The number of rotatable bonds is 2. The second kappa shape index (κ2) is 6.20. The van der Waals surface area contributed by atoms with Crippen molar-refractivity contribution < 1.29 is 9.18 Å². The summed E-state index contributed by atoms with van der Waals surface area (Å²) in [6, 6.07) is 0. The molecule has 2 aliphatic heterocycles. The van der Waals surface area contributed by atoms with E-state index < -0.39 is 11.1 Å². The molecule has 2 heterocycles. The third-order valence-corrected chi connectivity index (χ3v) is 8.31. The van der Waals surface area contributed by atoms with Crippen LogP contribution in [0.1, 0.15) is 51.4 Å². The van der Waals surface area contributed by atoms with E-state index in [4.69, 9.17) is 4.99 Å². The minimum absolute atomic E-state index is 0.0264. The molecular formula is C20H26FN3OS. The zero-order chi connectivity index (χ0) is 17.8. The van der Waals surface area contributed by atoms with Crippen molar-refractivity contribution in [3.05, 3.63) is 23.6 Å². The van der Waals surface area contributed by atoms with Crippen LogP contribution in [-0.4, -0.2) is 45.8 Å². The number of nitrogens with one attached hydrogen (secondary N) is 1. The maximum Gasteiger partial charge on any atom is 0.145 e. The first-order chi connectivity index (χ1) is 12.6. The lowest BCUT2D eigenvalue weighted by Gasteiger charge is -2.55. The van der Waals surface area contributed by atoms with E-state index in [0.717, 1.165) is 25.9 Å². The van der Waals surface area contributed by atoms with Gasteiger partial charge in [-0.05, 0) is 37.3 Å².